The number of allylic oxidation sites excluding steroid dienone is 1. The Balaban J connectivity index is 2.98. The van der Waals surface area contributed by atoms with Crippen molar-refractivity contribution < 1.29 is 19.1 Å². The van der Waals surface area contributed by atoms with Gasteiger partial charge in [0, 0.05) is 0 Å². The van der Waals surface area contributed by atoms with Crippen LogP contribution in [0.5, 0.6) is 0 Å². The Morgan fingerprint density at radius 1 is 0.646 bits per heavy atom. The van der Waals surface area contributed by atoms with E-state index in [1.807, 2.05) is 0 Å². The lowest BCUT2D eigenvalue weighted by atomic mass is 9.79. The lowest BCUT2D eigenvalue weighted by Gasteiger charge is -2.25. The van der Waals surface area contributed by atoms with Crippen molar-refractivity contribution in [2.75, 3.05) is 33.9 Å². The first-order valence-electron chi connectivity index (χ1n) is 20.3. The van der Waals surface area contributed by atoms with Gasteiger partial charge in [-0.25, -0.2) is 0 Å². The van der Waals surface area contributed by atoms with Gasteiger partial charge in [0.2, 0.25) is 0 Å². The number of unbranched alkanes of at least 4 members (excludes halogenated alkanes) is 4. The van der Waals surface area contributed by atoms with E-state index in [1.54, 1.807) is 0 Å². The van der Waals surface area contributed by atoms with Crippen LogP contribution in [0.2, 0.25) is 0 Å². The topological polar surface area (TPSA) is 55.8 Å². The molecule has 0 aromatic heterocycles. The molecule has 0 spiro atoms. The van der Waals surface area contributed by atoms with Gasteiger partial charge in [0.05, 0.1) is 26.1 Å². The highest BCUT2D eigenvalue weighted by Crippen LogP contribution is 2.33. The third-order valence-electron chi connectivity index (χ3n) is 10.1. The van der Waals surface area contributed by atoms with E-state index in [0.29, 0.717) is 26.1 Å². The normalized spacial score (nSPS) is 22.6. The van der Waals surface area contributed by atoms with Gasteiger partial charge in [0.15, 0.2) is 0 Å². The first-order chi connectivity index (χ1) is 23.4. The third kappa shape index (κ3) is 24.2. The maximum atomic E-state index is 13.2. The number of cyclic esters (lactones) is 2. The Hall–Kier alpha value is -2.02. The Morgan fingerprint density at radius 2 is 1.10 bits per heavy atom. The zero-order valence-corrected chi connectivity index (χ0v) is 32.0. The zero-order chi connectivity index (χ0) is 35.1. The zero-order valence-electron chi connectivity index (χ0n) is 32.0. The van der Waals surface area contributed by atoms with Gasteiger partial charge in [-0.2, -0.15) is 0 Å². The van der Waals surface area contributed by atoms with Crippen LogP contribution in [-0.2, 0) is 19.1 Å². The number of carbonyl (C=O) groups excluding carboxylic acids is 2. The molecule has 0 bridgehead atoms. The highest BCUT2D eigenvalue weighted by molar-refractivity contribution is 5.71. The maximum Gasteiger partial charge on any atom is 0.306 e. The summed E-state index contributed by atoms with van der Waals surface area (Å²) in [5.74, 6) is 0.506. The molecule has 1 rings (SSSR count). The molecule has 1 saturated heterocycles. The van der Waals surface area contributed by atoms with Crippen LogP contribution in [0.1, 0.15) is 181 Å². The van der Waals surface area contributed by atoms with Crippen molar-refractivity contribution in [3.05, 3.63) is 29.3 Å². The molecule has 0 N–H and O–H groups in total. The van der Waals surface area contributed by atoms with Crippen molar-refractivity contribution in [2.24, 2.45) is 17.8 Å². The van der Waals surface area contributed by atoms with Gasteiger partial charge in [-0.1, -0.05) is 141 Å². The third-order valence-corrected chi connectivity index (χ3v) is 10.1. The highest BCUT2D eigenvalue weighted by atomic mass is 16.5. The monoisotopic (exact) mass is 670 g/mol. The summed E-state index contributed by atoms with van der Waals surface area (Å²) in [6.07, 6.45) is 28.6. The molecule has 1 aliphatic heterocycles. The van der Waals surface area contributed by atoms with Crippen LogP contribution < -0.4 is 0 Å². The Morgan fingerprint density at radius 3 is 1.54 bits per heavy atom. The lowest BCUT2D eigenvalue weighted by Crippen LogP contribution is -2.22. The molecule has 0 saturated carbocycles. The molecule has 2 atom stereocenters. The van der Waals surface area contributed by atoms with Crippen LogP contribution in [0.4, 0.5) is 0 Å². The molecule has 1 heterocycles. The van der Waals surface area contributed by atoms with E-state index in [-0.39, 0.29) is 23.8 Å². The highest BCUT2D eigenvalue weighted by Gasteiger charge is 2.28. The fourth-order valence-electron chi connectivity index (χ4n) is 7.18. The number of rotatable bonds is 12. The van der Waals surface area contributed by atoms with Gasteiger partial charge in [-0.05, 0) is 94.8 Å². The van der Waals surface area contributed by atoms with Crippen molar-refractivity contribution in [3.63, 3.8) is 0 Å². The van der Waals surface area contributed by atoms with Crippen molar-refractivity contribution >= 4 is 11.9 Å². The van der Waals surface area contributed by atoms with E-state index in [1.165, 1.54) is 83.6 Å². The van der Waals surface area contributed by atoms with Crippen LogP contribution in [-0.4, -0.2) is 50.7 Å². The van der Waals surface area contributed by atoms with E-state index in [2.05, 4.69) is 56.6 Å². The number of ether oxygens (including phenoxy) is 2. The molecule has 1 aliphatic rings. The second-order valence-corrected chi connectivity index (χ2v) is 14.7. The molecule has 48 heavy (non-hydrogen) atoms. The number of hydrogen-bond donors (Lipinski definition) is 0. The average molecular weight is 670 g/mol. The van der Waals surface area contributed by atoms with Gasteiger partial charge >= 0.3 is 11.9 Å². The summed E-state index contributed by atoms with van der Waals surface area (Å²) in [6, 6.07) is 0. The SMILES string of the molecule is C=C=C=C=C1C(CCCCC)CC(=O)OCCCCCCCCC(CCCN(C)C)CCCCCCCCOC(=O)CC1CCCCC. The quantitative estimate of drug-likeness (QED) is 0.118. The van der Waals surface area contributed by atoms with Crippen molar-refractivity contribution in [3.8, 4) is 0 Å². The Kier molecular flexibility index (Phi) is 28.4. The summed E-state index contributed by atoms with van der Waals surface area (Å²) >= 11 is 0. The van der Waals surface area contributed by atoms with Gasteiger partial charge in [0.1, 0.15) is 0 Å². The second kappa shape index (κ2) is 31.0. The smallest absolute Gasteiger partial charge is 0.306 e. The molecule has 0 aromatic carbocycles. The van der Waals surface area contributed by atoms with Crippen molar-refractivity contribution in [1.29, 1.82) is 0 Å². The number of nitrogens with zero attached hydrogens (tertiary/aromatic N) is 1. The van der Waals surface area contributed by atoms with Crippen molar-refractivity contribution in [1.82, 2.24) is 4.90 Å². The second-order valence-electron chi connectivity index (χ2n) is 14.7. The Labute approximate surface area is 297 Å². The molecule has 0 aromatic rings. The standard InChI is InChI=1S/C43H75NO4/c1-6-9-20-30-39-36-42(45)47-34-24-18-14-12-16-22-27-38(29-26-33-44(4)5)28-23-17-13-15-19-25-35-48-43(46)37-40(31-21-10-7-2)41(39)32-11-8-3/h38-40H,3,6-7,9-10,12-31,33-37H2,1-2,4-5H3. The van der Waals surface area contributed by atoms with Gasteiger partial charge in [-0.15, -0.1) is 0 Å². The first kappa shape index (κ1) is 44.0. The summed E-state index contributed by atoms with van der Waals surface area (Å²) in [5.41, 5.74) is 10.0. The minimum Gasteiger partial charge on any atom is -0.466 e. The fourth-order valence-corrected chi connectivity index (χ4v) is 7.18. The van der Waals surface area contributed by atoms with E-state index in [0.717, 1.165) is 88.5 Å². The summed E-state index contributed by atoms with van der Waals surface area (Å²) in [6.45, 7) is 10.3. The molecule has 2 unspecified atom stereocenters. The summed E-state index contributed by atoms with van der Waals surface area (Å²) in [4.78, 5) is 28.7. The first-order valence-corrected chi connectivity index (χ1v) is 20.3. The molecular weight excluding hydrogens is 594 g/mol. The number of esters is 2. The van der Waals surface area contributed by atoms with Gasteiger partial charge in [-0.3, -0.25) is 9.59 Å². The molecule has 0 radical (unpaired) electrons. The Bertz CT molecular complexity index is 886. The lowest BCUT2D eigenvalue weighted by molar-refractivity contribution is -0.145. The van der Waals surface area contributed by atoms with Crippen LogP contribution in [0, 0.1) is 17.8 Å². The predicted molar refractivity (Wildman–Crippen MR) is 202 cm³/mol. The number of hydrogen-bond acceptors (Lipinski definition) is 5. The maximum absolute atomic E-state index is 13.2. The molecule has 0 aliphatic carbocycles. The number of carbonyl (C=O) groups is 2. The predicted octanol–water partition coefficient (Wildman–Crippen LogP) is 11.7. The van der Waals surface area contributed by atoms with E-state index in [9.17, 15) is 9.59 Å². The van der Waals surface area contributed by atoms with E-state index >= 15 is 0 Å². The van der Waals surface area contributed by atoms with Crippen LogP contribution >= 0.6 is 0 Å². The summed E-state index contributed by atoms with van der Waals surface area (Å²) < 4.78 is 11.6. The molecule has 0 amide bonds. The van der Waals surface area contributed by atoms with Crippen LogP contribution in [0.25, 0.3) is 0 Å². The van der Waals surface area contributed by atoms with E-state index in [4.69, 9.17) is 9.47 Å². The van der Waals surface area contributed by atoms with Gasteiger partial charge in [0.25, 0.3) is 0 Å². The largest absolute Gasteiger partial charge is 0.466 e. The minimum absolute atomic E-state index is 0.0328. The summed E-state index contributed by atoms with van der Waals surface area (Å²) in [7, 11) is 4.35. The molecule has 5 nitrogen and oxygen atoms in total. The van der Waals surface area contributed by atoms with Crippen LogP contribution in [0.3, 0.4) is 0 Å². The van der Waals surface area contributed by atoms with Crippen LogP contribution in [0.15, 0.2) is 29.3 Å². The van der Waals surface area contributed by atoms with Crippen molar-refractivity contribution in [2.45, 2.75) is 181 Å². The fraction of sp³-hybridized carbons (Fsp3) is 0.837. The van der Waals surface area contributed by atoms with E-state index < -0.39 is 0 Å². The molecular formula is C43H75NO4. The molecule has 1 fully saturated rings. The minimum atomic E-state index is -0.144. The van der Waals surface area contributed by atoms with Gasteiger partial charge < -0.3 is 14.4 Å². The average Bonchev–Trinajstić information content (AvgIpc) is 3.05. The summed E-state index contributed by atoms with van der Waals surface area (Å²) in [5, 5.41) is 0. The molecule has 5 heteroatoms. The molecule has 276 valence electrons.